The Kier molecular flexibility index (Phi) is 5.10. The van der Waals surface area contributed by atoms with Crippen LogP contribution in [0.15, 0.2) is 30.3 Å². The number of carbonyl (C=O) groups excluding carboxylic acids is 4. The Labute approximate surface area is 136 Å². The zero-order valence-corrected chi connectivity index (χ0v) is 13.0. The van der Waals surface area contributed by atoms with Gasteiger partial charge in [-0.15, -0.1) is 5.06 Å². The van der Waals surface area contributed by atoms with Crippen LogP contribution in [0.5, 0.6) is 0 Å². The lowest BCUT2D eigenvalue weighted by Crippen LogP contribution is -2.38. The zero-order chi connectivity index (χ0) is 17.9. The van der Waals surface area contributed by atoms with E-state index in [0.717, 1.165) is 0 Å². The molecule has 128 valence electrons. The molecular weight excluding hydrogens is 342 g/mol. The van der Waals surface area contributed by atoms with Gasteiger partial charge >= 0.3 is 5.97 Å². The van der Waals surface area contributed by atoms with Crippen LogP contribution in [0.1, 0.15) is 12.0 Å². The Morgan fingerprint density at radius 3 is 2.46 bits per heavy atom. The van der Waals surface area contributed by atoms with Crippen molar-refractivity contribution in [2.45, 2.75) is 18.1 Å². The van der Waals surface area contributed by atoms with E-state index in [1.54, 1.807) is 30.3 Å². The quantitative estimate of drug-likeness (QED) is 0.313. The SMILES string of the molecule is O=CC(Cc1ccccc1)C(=O)ON1C(=O)CC(S(=O)(=O)O)C1=O. The van der Waals surface area contributed by atoms with Crippen LogP contribution in [-0.2, 0) is 40.6 Å². The summed E-state index contributed by atoms with van der Waals surface area (Å²) in [5.74, 6) is -4.93. The minimum Gasteiger partial charge on any atom is -0.330 e. The molecule has 24 heavy (non-hydrogen) atoms. The van der Waals surface area contributed by atoms with Gasteiger partial charge in [0.25, 0.3) is 21.9 Å². The van der Waals surface area contributed by atoms with Gasteiger partial charge in [-0.3, -0.25) is 14.1 Å². The van der Waals surface area contributed by atoms with Crippen LogP contribution in [-0.4, -0.2) is 47.4 Å². The van der Waals surface area contributed by atoms with E-state index in [1.165, 1.54) is 0 Å². The first-order valence-electron chi connectivity index (χ1n) is 6.78. The molecule has 0 aliphatic carbocycles. The number of aldehydes is 1. The number of hydrogen-bond acceptors (Lipinski definition) is 7. The molecule has 0 aromatic heterocycles. The second-order valence-corrected chi connectivity index (χ2v) is 6.68. The maximum Gasteiger partial charge on any atom is 0.343 e. The summed E-state index contributed by atoms with van der Waals surface area (Å²) >= 11 is 0. The van der Waals surface area contributed by atoms with Crippen LogP contribution in [0.2, 0.25) is 0 Å². The lowest BCUT2D eigenvalue weighted by Gasteiger charge is -2.16. The summed E-state index contributed by atoms with van der Waals surface area (Å²) in [7, 11) is -4.80. The molecule has 0 spiro atoms. The lowest BCUT2D eigenvalue weighted by molar-refractivity contribution is -0.200. The fourth-order valence-corrected chi connectivity index (χ4v) is 2.83. The minimum absolute atomic E-state index is 0.0128. The van der Waals surface area contributed by atoms with Crippen LogP contribution in [0, 0.1) is 5.92 Å². The highest BCUT2D eigenvalue weighted by Gasteiger charge is 2.48. The zero-order valence-electron chi connectivity index (χ0n) is 12.2. The van der Waals surface area contributed by atoms with Crippen molar-refractivity contribution in [3.8, 4) is 0 Å². The maximum atomic E-state index is 12.0. The summed E-state index contributed by atoms with van der Waals surface area (Å²) in [6, 6.07) is 8.49. The average Bonchev–Trinajstić information content (AvgIpc) is 2.81. The Balaban J connectivity index is 2.09. The van der Waals surface area contributed by atoms with Crippen molar-refractivity contribution in [3.63, 3.8) is 0 Å². The molecule has 9 nitrogen and oxygen atoms in total. The third-order valence-corrected chi connectivity index (χ3v) is 4.46. The Hall–Kier alpha value is -2.59. The smallest absolute Gasteiger partial charge is 0.330 e. The molecular formula is C14H13NO8S. The molecule has 2 amide bonds. The monoisotopic (exact) mass is 355 g/mol. The second-order valence-electron chi connectivity index (χ2n) is 5.08. The van der Waals surface area contributed by atoms with Gasteiger partial charge in [-0.05, 0) is 12.0 Å². The van der Waals surface area contributed by atoms with Crippen LogP contribution >= 0.6 is 0 Å². The standard InChI is InChI=1S/C14H13NO8S/c16-8-10(6-9-4-2-1-3-5-9)14(19)23-15-12(17)7-11(13(15)18)24(20,21)22/h1-5,8,10-11H,6-7H2,(H,20,21,22). The van der Waals surface area contributed by atoms with Crippen molar-refractivity contribution >= 4 is 34.2 Å². The molecule has 0 radical (unpaired) electrons. The third kappa shape index (κ3) is 3.84. The predicted octanol–water partition coefficient (Wildman–Crippen LogP) is -0.482. The van der Waals surface area contributed by atoms with Gasteiger partial charge in [-0.1, -0.05) is 30.3 Å². The number of imide groups is 1. The van der Waals surface area contributed by atoms with Crippen LogP contribution in [0.3, 0.4) is 0 Å². The predicted molar refractivity (Wildman–Crippen MR) is 77.6 cm³/mol. The lowest BCUT2D eigenvalue weighted by atomic mass is 10.0. The fourth-order valence-electron chi connectivity index (χ4n) is 2.12. The van der Waals surface area contributed by atoms with E-state index < -0.39 is 45.5 Å². The molecule has 1 aliphatic heterocycles. The molecule has 0 saturated carbocycles. The van der Waals surface area contributed by atoms with Crippen molar-refractivity contribution in [1.29, 1.82) is 0 Å². The number of hydroxylamine groups is 2. The van der Waals surface area contributed by atoms with Gasteiger partial charge in [0, 0.05) is 0 Å². The van der Waals surface area contributed by atoms with E-state index in [-0.39, 0.29) is 11.5 Å². The maximum absolute atomic E-state index is 12.0. The van der Waals surface area contributed by atoms with E-state index in [2.05, 4.69) is 4.84 Å². The van der Waals surface area contributed by atoms with Gasteiger partial charge in [-0.2, -0.15) is 8.42 Å². The molecule has 1 aromatic rings. The molecule has 1 aromatic carbocycles. The van der Waals surface area contributed by atoms with Crippen molar-refractivity contribution in [2.24, 2.45) is 5.92 Å². The molecule has 1 aliphatic rings. The molecule has 1 heterocycles. The molecule has 2 unspecified atom stereocenters. The Morgan fingerprint density at radius 2 is 1.96 bits per heavy atom. The molecule has 1 fully saturated rings. The number of hydrogen-bond donors (Lipinski definition) is 1. The highest BCUT2D eigenvalue weighted by molar-refractivity contribution is 7.87. The summed E-state index contributed by atoms with van der Waals surface area (Å²) in [5, 5.41) is -2.04. The Morgan fingerprint density at radius 1 is 1.33 bits per heavy atom. The largest absolute Gasteiger partial charge is 0.343 e. The molecule has 0 bridgehead atoms. The van der Waals surface area contributed by atoms with Crippen LogP contribution in [0.4, 0.5) is 0 Å². The number of nitrogens with zero attached hydrogens (tertiary/aromatic N) is 1. The van der Waals surface area contributed by atoms with Gasteiger partial charge in [-0.25, -0.2) is 4.79 Å². The average molecular weight is 355 g/mol. The van der Waals surface area contributed by atoms with Crippen LogP contribution < -0.4 is 0 Å². The van der Waals surface area contributed by atoms with E-state index in [4.69, 9.17) is 4.55 Å². The second kappa shape index (κ2) is 6.89. The Bertz CT molecular complexity index is 773. The fraction of sp³-hybridized carbons (Fsp3) is 0.286. The number of rotatable bonds is 6. The molecule has 10 heteroatoms. The summed E-state index contributed by atoms with van der Waals surface area (Å²) in [4.78, 5) is 51.0. The highest BCUT2D eigenvalue weighted by atomic mass is 32.2. The van der Waals surface area contributed by atoms with Crippen molar-refractivity contribution in [3.05, 3.63) is 35.9 Å². The third-order valence-electron chi connectivity index (χ3n) is 3.37. The summed E-state index contributed by atoms with van der Waals surface area (Å²) in [6.45, 7) is 0. The molecule has 2 atom stereocenters. The first-order valence-corrected chi connectivity index (χ1v) is 8.28. The molecule has 1 N–H and O–H groups in total. The first kappa shape index (κ1) is 17.8. The van der Waals surface area contributed by atoms with Gasteiger partial charge in [0.15, 0.2) is 5.25 Å². The van der Waals surface area contributed by atoms with Crippen molar-refractivity contribution in [1.82, 2.24) is 5.06 Å². The van der Waals surface area contributed by atoms with Gasteiger partial charge in [0.2, 0.25) is 0 Å². The van der Waals surface area contributed by atoms with Gasteiger partial charge in [0.1, 0.15) is 12.2 Å². The number of carbonyl (C=O) groups is 4. The van der Waals surface area contributed by atoms with Crippen molar-refractivity contribution in [2.75, 3.05) is 0 Å². The summed E-state index contributed by atoms with van der Waals surface area (Å²) < 4.78 is 30.9. The molecule has 2 rings (SSSR count). The van der Waals surface area contributed by atoms with Gasteiger partial charge < -0.3 is 9.63 Å². The number of benzene rings is 1. The number of amides is 2. The normalized spacial score (nSPS) is 19.2. The summed E-state index contributed by atoms with van der Waals surface area (Å²) in [5.41, 5.74) is 0.654. The van der Waals surface area contributed by atoms with E-state index in [9.17, 15) is 27.6 Å². The molecule has 1 saturated heterocycles. The van der Waals surface area contributed by atoms with E-state index in [1.807, 2.05) is 0 Å². The van der Waals surface area contributed by atoms with Crippen molar-refractivity contribution < 1.29 is 37.0 Å². The van der Waals surface area contributed by atoms with E-state index in [0.29, 0.717) is 11.8 Å². The summed E-state index contributed by atoms with van der Waals surface area (Å²) in [6.07, 6.45) is -0.545. The first-order chi connectivity index (χ1) is 11.2. The topological polar surface area (TPSA) is 135 Å². The van der Waals surface area contributed by atoms with Crippen LogP contribution in [0.25, 0.3) is 0 Å². The minimum atomic E-state index is -4.80. The van der Waals surface area contributed by atoms with E-state index >= 15 is 0 Å². The van der Waals surface area contributed by atoms with Gasteiger partial charge in [0.05, 0.1) is 6.42 Å². The highest BCUT2D eigenvalue weighted by Crippen LogP contribution is 2.21.